The van der Waals surface area contributed by atoms with E-state index in [4.69, 9.17) is 16.3 Å². The molecule has 94 valence electrons. The number of ether oxygens (including phenoxy) is 1. The van der Waals surface area contributed by atoms with Crippen LogP contribution in [-0.2, 0) is 11.3 Å². The topological polar surface area (TPSA) is 9.23 Å². The van der Waals surface area contributed by atoms with Crippen LogP contribution in [0.4, 0.5) is 0 Å². The molecule has 0 aliphatic heterocycles. The van der Waals surface area contributed by atoms with Crippen LogP contribution in [0.15, 0.2) is 24.3 Å². The van der Waals surface area contributed by atoms with Crippen molar-refractivity contribution >= 4 is 27.5 Å². The molecule has 1 nitrogen and oxygen atoms in total. The van der Waals surface area contributed by atoms with E-state index in [1.54, 1.807) is 0 Å². The van der Waals surface area contributed by atoms with Crippen molar-refractivity contribution in [2.45, 2.75) is 49.6 Å². The summed E-state index contributed by atoms with van der Waals surface area (Å²) in [5, 5.41) is 0.798. The second-order valence-corrected chi connectivity index (χ2v) is 6.18. The van der Waals surface area contributed by atoms with E-state index >= 15 is 0 Å². The smallest absolute Gasteiger partial charge is 0.0735 e. The van der Waals surface area contributed by atoms with Gasteiger partial charge in [0.1, 0.15) is 0 Å². The highest BCUT2D eigenvalue weighted by atomic mass is 79.9. The predicted octanol–water partition coefficient (Wildman–Crippen LogP) is 4.95. The van der Waals surface area contributed by atoms with E-state index in [1.807, 2.05) is 24.3 Å². The summed E-state index contributed by atoms with van der Waals surface area (Å²) >= 11 is 9.86. The molecule has 2 atom stereocenters. The fourth-order valence-electron chi connectivity index (χ4n) is 2.23. The Kier molecular flexibility index (Phi) is 5.33. The molecule has 0 radical (unpaired) electrons. The third-order valence-electron chi connectivity index (χ3n) is 3.28. The molecule has 0 aromatic heterocycles. The van der Waals surface area contributed by atoms with E-state index in [-0.39, 0.29) is 0 Å². The molecule has 0 N–H and O–H groups in total. The maximum atomic E-state index is 6.12. The van der Waals surface area contributed by atoms with Crippen molar-refractivity contribution in [2.24, 2.45) is 0 Å². The lowest BCUT2D eigenvalue weighted by Crippen LogP contribution is -2.22. The Labute approximate surface area is 117 Å². The normalized spacial score (nSPS) is 25.5. The molecule has 0 spiro atoms. The minimum absolute atomic E-state index is 0.328. The number of halogens is 2. The van der Waals surface area contributed by atoms with Crippen molar-refractivity contribution < 1.29 is 4.74 Å². The highest BCUT2D eigenvalue weighted by molar-refractivity contribution is 9.09. The van der Waals surface area contributed by atoms with Crippen LogP contribution in [0.1, 0.15) is 37.7 Å². The third-order valence-corrected chi connectivity index (χ3v) is 4.70. The van der Waals surface area contributed by atoms with Crippen LogP contribution in [0.25, 0.3) is 0 Å². The summed E-state index contributed by atoms with van der Waals surface area (Å²) in [5.74, 6) is 0. The van der Waals surface area contributed by atoms with Crippen LogP contribution in [0.3, 0.4) is 0 Å². The molecule has 0 heterocycles. The van der Waals surface area contributed by atoms with Crippen LogP contribution >= 0.6 is 27.5 Å². The first-order valence-corrected chi connectivity index (χ1v) is 7.56. The number of rotatable bonds is 3. The van der Waals surface area contributed by atoms with Crippen molar-refractivity contribution in [3.63, 3.8) is 0 Å². The van der Waals surface area contributed by atoms with Gasteiger partial charge in [0.15, 0.2) is 0 Å². The lowest BCUT2D eigenvalue weighted by Gasteiger charge is -2.20. The van der Waals surface area contributed by atoms with Gasteiger partial charge in [-0.05, 0) is 24.5 Å². The van der Waals surface area contributed by atoms with Gasteiger partial charge in [0.05, 0.1) is 12.7 Å². The van der Waals surface area contributed by atoms with Gasteiger partial charge in [0.25, 0.3) is 0 Å². The van der Waals surface area contributed by atoms with Gasteiger partial charge in [-0.25, -0.2) is 0 Å². The molecule has 2 unspecified atom stereocenters. The molecule has 0 amide bonds. The van der Waals surface area contributed by atoms with E-state index in [0.29, 0.717) is 17.5 Å². The van der Waals surface area contributed by atoms with Crippen molar-refractivity contribution in [3.05, 3.63) is 34.9 Å². The number of hydrogen-bond acceptors (Lipinski definition) is 1. The molecular formula is C14H18BrClO. The van der Waals surface area contributed by atoms with Gasteiger partial charge in [-0.1, -0.05) is 65.0 Å². The SMILES string of the molecule is Clc1ccccc1COC1CCCCCC1Br. The van der Waals surface area contributed by atoms with Crippen LogP contribution in [-0.4, -0.2) is 10.9 Å². The van der Waals surface area contributed by atoms with Gasteiger partial charge in [-0.3, -0.25) is 0 Å². The first-order chi connectivity index (χ1) is 8.27. The second kappa shape index (κ2) is 6.77. The quantitative estimate of drug-likeness (QED) is 0.566. The van der Waals surface area contributed by atoms with Crippen LogP contribution < -0.4 is 0 Å². The van der Waals surface area contributed by atoms with Crippen molar-refractivity contribution in [2.75, 3.05) is 0 Å². The Morgan fingerprint density at radius 2 is 1.94 bits per heavy atom. The maximum Gasteiger partial charge on any atom is 0.0735 e. The van der Waals surface area contributed by atoms with E-state index in [0.717, 1.165) is 17.0 Å². The summed E-state index contributed by atoms with van der Waals surface area (Å²) in [7, 11) is 0. The average Bonchev–Trinajstić information content (AvgIpc) is 2.53. The van der Waals surface area contributed by atoms with Gasteiger partial charge in [0, 0.05) is 9.85 Å². The van der Waals surface area contributed by atoms with Gasteiger partial charge < -0.3 is 4.74 Å². The van der Waals surface area contributed by atoms with Gasteiger partial charge in [-0.15, -0.1) is 0 Å². The van der Waals surface area contributed by atoms with Crippen LogP contribution in [0.5, 0.6) is 0 Å². The molecule has 1 saturated carbocycles. The monoisotopic (exact) mass is 316 g/mol. The summed E-state index contributed by atoms with van der Waals surface area (Å²) in [6.45, 7) is 0.617. The molecule has 0 saturated heterocycles. The number of alkyl halides is 1. The van der Waals surface area contributed by atoms with E-state index < -0.39 is 0 Å². The zero-order chi connectivity index (χ0) is 12.1. The summed E-state index contributed by atoms with van der Waals surface area (Å²) < 4.78 is 6.01. The summed E-state index contributed by atoms with van der Waals surface area (Å²) in [5.41, 5.74) is 1.08. The highest BCUT2D eigenvalue weighted by Crippen LogP contribution is 2.27. The molecule has 1 fully saturated rings. The Morgan fingerprint density at radius 3 is 2.76 bits per heavy atom. The van der Waals surface area contributed by atoms with E-state index in [9.17, 15) is 0 Å². The molecule has 0 bridgehead atoms. The highest BCUT2D eigenvalue weighted by Gasteiger charge is 2.21. The Hall–Kier alpha value is -0.0500. The zero-order valence-electron chi connectivity index (χ0n) is 9.87. The lowest BCUT2D eigenvalue weighted by molar-refractivity contribution is 0.0361. The molecule has 1 aliphatic rings. The van der Waals surface area contributed by atoms with Crippen molar-refractivity contribution in [1.82, 2.24) is 0 Å². The Balaban J connectivity index is 1.90. The first-order valence-electron chi connectivity index (χ1n) is 6.26. The Bertz CT molecular complexity index is 356. The number of hydrogen-bond donors (Lipinski definition) is 0. The van der Waals surface area contributed by atoms with Gasteiger partial charge in [-0.2, -0.15) is 0 Å². The Morgan fingerprint density at radius 1 is 1.18 bits per heavy atom. The number of benzene rings is 1. The molecule has 3 heteroatoms. The van der Waals surface area contributed by atoms with Crippen LogP contribution in [0.2, 0.25) is 5.02 Å². The minimum atomic E-state index is 0.328. The van der Waals surface area contributed by atoms with Gasteiger partial charge in [0.2, 0.25) is 0 Å². The molecule has 1 aromatic carbocycles. The molecule has 1 aliphatic carbocycles. The molecule has 1 aromatic rings. The van der Waals surface area contributed by atoms with E-state index in [2.05, 4.69) is 15.9 Å². The summed E-state index contributed by atoms with van der Waals surface area (Å²) in [6.07, 6.45) is 6.60. The molecule has 17 heavy (non-hydrogen) atoms. The predicted molar refractivity (Wildman–Crippen MR) is 75.8 cm³/mol. The van der Waals surface area contributed by atoms with Crippen molar-refractivity contribution in [1.29, 1.82) is 0 Å². The van der Waals surface area contributed by atoms with E-state index in [1.165, 1.54) is 25.7 Å². The average molecular weight is 318 g/mol. The zero-order valence-corrected chi connectivity index (χ0v) is 12.2. The standard InChI is InChI=1S/C14H18BrClO/c15-12-7-2-1-3-9-14(12)17-10-11-6-4-5-8-13(11)16/h4-6,8,12,14H,1-3,7,9-10H2. The van der Waals surface area contributed by atoms with Gasteiger partial charge >= 0.3 is 0 Å². The second-order valence-electron chi connectivity index (χ2n) is 4.59. The third kappa shape index (κ3) is 3.97. The van der Waals surface area contributed by atoms with Crippen LogP contribution in [0, 0.1) is 0 Å². The maximum absolute atomic E-state index is 6.12. The summed E-state index contributed by atoms with van der Waals surface area (Å²) in [6, 6.07) is 7.90. The minimum Gasteiger partial charge on any atom is -0.372 e. The first kappa shape index (κ1) is 13.4. The van der Waals surface area contributed by atoms with Crippen molar-refractivity contribution in [3.8, 4) is 0 Å². The fraction of sp³-hybridized carbons (Fsp3) is 0.571. The summed E-state index contributed by atoms with van der Waals surface area (Å²) in [4.78, 5) is 0.493. The largest absolute Gasteiger partial charge is 0.372 e. The molecular weight excluding hydrogens is 300 g/mol. The fourth-order valence-corrected chi connectivity index (χ4v) is 3.16. The molecule has 2 rings (SSSR count). The lowest BCUT2D eigenvalue weighted by atomic mass is 10.1.